The molecule has 0 aliphatic heterocycles. The Labute approximate surface area is 85.3 Å². The van der Waals surface area contributed by atoms with Gasteiger partial charge in [-0.15, -0.1) is 0 Å². The Balaban J connectivity index is 2.42. The van der Waals surface area contributed by atoms with Gasteiger partial charge in [-0.05, 0) is 24.5 Å². The smallest absolute Gasteiger partial charge is 0.0802 e. The molecule has 0 radical (unpaired) electrons. The van der Waals surface area contributed by atoms with Crippen molar-refractivity contribution in [3.05, 3.63) is 24.0 Å². The van der Waals surface area contributed by atoms with Crippen LogP contribution < -0.4 is 0 Å². The molecule has 3 nitrogen and oxygen atoms in total. The first kappa shape index (κ1) is 11.3. The summed E-state index contributed by atoms with van der Waals surface area (Å²) in [6.45, 7) is 3.71. The van der Waals surface area contributed by atoms with E-state index in [2.05, 4.69) is 4.57 Å². The third-order valence-corrected chi connectivity index (χ3v) is 2.31. The second-order valence-corrected chi connectivity index (χ2v) is 3.45. The first-order valence-electron chi connectivity index (χ1n) is 5.10. The fourth-order valence-corrected chi connectivity index (χ4v) is 1.42. The van der Waals surface area contributed by atoms with E-state index in [0.29, 0.717) is 0 Å². The summed E-state index contributed by atoms with van der Waals surface area (Å²) in [5, 5.41) is 9.58. The summed E-state index contributed by atoms with van der Waals surface area (Å²) in [5.41, 5.74) is 1.00. The minimum atomic E-state index is -0.321. The van der Waals surface area contributed by atoms with Crippen LogP contribution in [0.15, 0.2) is 18.5 Å². The first-order chi connectivity index (χ1) is 6.77. The molecule has 80 valence electrons. The van der Waals surface area contributed by atoms with Gasteiger partial charge in [-0.2, -0.15) is 0 Å². The number of aliphatic hydroxyl groups excluding tert-OH is 1. The molecular formula is C11H19NO2. The third kappa shape index (κ3) is 3.16. The van der Waals surface area contributed by atoms with Gasteiger partial charge in [0.05, 0.1) is 6.10 Å². The van der Waals surface area contributed by atoms with Crippen LogP contribution in [0.2, 0.25) is 0 Å². The molecule has 0 aromatic carbocycles. The number of rotatable bonds is 6. The Morgan fingerprint density at radius 2 is 2.36 bits per heavy atom. The molecule has 0 amide bonds. The number of methoxy groups -OCH3 is 1. The molecule has 0 fully saturated rings. The van der Waals surface area contributed by atoms with Gasteiger partial charge in [0.15, 0.2) is 0 Å². The molecule has 1 aromatic heterocycles. The number of nitrogens with zero attached hydrogens (tertiary/aromatic N) is 1. The highest BCUT2D eigenvalue weighted by atomic mass is 16.5. The topological polar surface area (TPSA) is 34.4 Å². The monoisotopic (exact) mass is 197 g/mol. The molecule has 0 spiro atoms. The van der Waals surface area contributed by atoms with Crippen molar-refractivity contribution in [3.8, 4) is 0 Å². The highest BCUT2D eigenvalue weighted by molar-refractivity contribution is 5.13. The van der Waals surface area contributed by atoms with Crippen molar-refractivity contribution in [1.82, 2.24) is 4.57 Å². The summed E-state index contributed by atoms with van der Waals surface area (Å²) >= 11 is 0. The van der Waals surface area contributed by atoms with E-state index in [1.54, 1.807) is 7.11 Å². The van der Waals surface area contributed by atoms with Crippen molar-refractivity contribution < 1.29 is 9.84 Å². The molecular weight excluding hydrogens is 178 g/mol. The summed E-state index contributed by atoms with van der Waals surface area (Å²) in [4.78, 5) is 0. The Morgan fingerprint density at radius 3 is 3.00 bits per heavy atom. The maximum Gasteiger partial charge on any atom is 0.0802 e. The lowest BCUT2D eigenvalue weighted by Gasteiger charge is -2.04. The molecule has 1 atom stereocenters. The average Bonchev–Trinajstić information content (AvgIpc) is 2.66. The second kappa shape index (κ2) is 5.83. The van der Waals surface area contributed by atoms with Crippen molar-refractivity contribution in [2.75, 3.05) is 13.7 Å². The molecule has 0 bridgehead atoms. The molecule has 1 aromatic rings. The lowest BCUT2D eigenvalue weighted by molar-refractivity contribution is 0.173. The van der Waals surface area contributed by atoms with Crippen molar-refractivity contribution in [1.29, 1.82) is 0 Å². The fourth-order valence-electron chi connectivity index (χ4n) is 1.42. The van der Waals surface area contributed by atoms with E-state index in [9.17, 15) is 5.11 Å². The largest absolute Gasteiger partial charge is 0.388 e. The van der Waals surface area contributed by atoms with Crippen LogP contribution in [0.3, 0.4) is 0 Å². The summed E-state index contributed by atoms with van der Waals surface area (Å²) in [5.74, 6) is 0. The van der Waals surface area contributed by atoms with Crippen LogP contribution >= 0.6 is 0 Å². The summed E-state index contributed by atoms with van der Waals surface area (Å²) in [7, 11) is 1.71. The predicted molar refractivity (Wildman–Crippen MR) is 56.2 cm³/mol. The van der Waals surface area contributed by atoms with E-state index in [4.69, 9.17) is 4.74 Å². The normalized spacial score (nSPS) is 13.1. The minimum absolute atomic E-state index is 0.321. The number of ether oxygens (including phenoxy) is 1. The minimum Gasteiger partial charge on any atom is -0.388 e. The molecule has 0 aliphatic carbocycles. The van der Waals surface area contributed by atoms with E-state index in [1.807, 2.05) is 25.4 Å². The van der Waals surface area contributed by atoms with E-state index in [0.717, 1.165) is 31.6 Å². The lowest BCUT2D eigenvalue weighted by atomic mass is 10.1. The van der Waals surface area contributed by atoms with Crippen molar-refractivity contribution in [3.63, 3.8) is 0 Å². The number of aliphatic hydroxyl groups is 1. The number of aryl methyl sites for hydroxylation is 1. The van der Waals surface area contributed by atoms with E-state index in [-0.39, 0.29) is 6.10 Å². The zero-order valence-corrected chi connectivity index (χ0v) is 8.94. The van der Waals surface area contributed by atoms with Gasteiger partial charge in [0, 0.05) is 32.7 Å². The van der Waals surface area contributed by atoms with Gasteiger partial charge in [0.1, 0.15) is 0 Å². The predicted octanol–water partition coefficient (Wildman–Crippen LogP) is 1.97. The summed E-state index contributed by atoms with van der Waals surface area (Å²) in [6, 6.07) is 1.97. The molecule has 1 N–H and O–H groups in total. The maximum absolute atomic E-state index is 9.58. The van der Waals surface area contributed by atoms with E-state index < -0.39 is 0 Å². The Hall–Kier alpha value is -0.800. The molecule has 14 heavy (non-hydrogen) atoms. The van der Waals surface area contributed by atoms with Gasteiger partial charge in [-0.25, -0.2) is 0 Å². The second-order valence-electron chi connectivity index (χ2n) is 3.45. The van der Waals surface area contributed by atoms with Gasteiger partial charge >= 0.3 is 0 Å². The zero-order chi connectivity index (χ0) is 10.4. The van der Waals surface area contributed by atoms with Crippen LogP contribution in [-0.4, -0.2) is 23.4 Å². The molecule has 1 heterocycles. The van der Waals surface area contributed by atoms with Crippen molar-refractivity contribution in [2.45, 2.75) is 32.4 Å². The summed E-state index contributed by atoms with van der Waals surface area (Å²) < 4.78 is 7.07. The Bertz CT molecular complexity index is 258. The van der Waals surface area contributed by atoms with Crippen LogP contribution in [-0.2, 0) is 11.3 Å². The average molecular weight is 197 g/mol. The Morgan fingerprint density at radius 1 is 1.57 bits per heavy atom. The highest BCUT2D eigenvalue weighted by Gasteiger charge is 2.05. The molecule has 3 heteroatoms. The van der Waals surface area contributed by atoms with Gasteiger partial charge in [-0.1, -0.05) is 6.92 Å². The molecule has 1 unspecified atom stereocenters. The third-order valence-electron chi connectivity index (χ3n) is 2.31. The van der Waals surface area contributed by atoms with Gasteiger partial charge in [0.2, 0.25) is 0 Å². The molecule has 0 saturated heterocycles. The van der Waals surface area contributed by atoms with Crippen molar-refractivity contribution in [2.24, 2.45) is 0 Å². The standard InChI is InChI=1S/C11H19NO2/c1-3-11(13)10-5-7-12(9-10)6-4-8-14-2/h5,7,9,11,13H,3-4,6,8H2,1-2H3. The highest BCUT2D eigenvalue weighted by Crippen LogP contribution is 2.16. The molecule has 0 saturated carbocycles. The quantitative estimate of drug-likeness (QED) is 0.707. The van der Waals surface area contributed by atoms with Crippen LogP contribution in [0.25, 0.3) is 0 Å². The van der Waals surface area contributed by atoms with E-state index in [1.165, 1.54) is 0 Å². The Kier molecular flexibility index (Phi) is 4.70. The zero-order valence-electron chi connectivity index (χ0n) is 8.94. The van der Waals surface area contributed by atoms with Crippen LogP contribution in [0.1, 0.15) is 31.4 Å². The van der Waals surface area contributed by atoms with Gasteiger partial charge in [-0.3, -0.25) is 0 Å². The lowest BCUT2D eigenvalue weighted by Crippen LogP contribution is -1.99. The van der Waals surface area contributed by atoms with Gasteiger partial charge in [0.25, 0.3) is 0 Å². The van der Waals surface area contributed by atoms with Crippen LogP contribution in [0.5, 0.6) is 0 Å². The van der Waals surface area contributed by atoms with Crippen LogP contribution in [0.4, 0.5) is 0 Å². The molecule has 1 rings (SSSR count). The number of hydrogen-bond acceptors (Lipinski definition) is 2. The molecule has 0 aliphatic rings. The summed E-state index contributed by atoms with van der Waals surface area (Å²) in [6.07, 6.45) is 5.46. The number of hydrogen-bond donors (Lipinski definition) is 1. The maximum atomic E-state index is 9.58. The fraction of sp³-hybridized carbons (Fsp3) is 0.636. The SMILES string of the molecule is CCC(O)c1ccn(CCCOC)c1. The first-order valence-corrected chi connectivity index (χ1v) is 5.10. The van der Waals surface area contributed by atoms with E-state index >= 15 is 0 Å². The number of aromatic nitrogens is 1. The van der Waals surface area contributed by atoms with Crippen LogP contribution in [0, 0.1) is 0 Å². The van der Waals surface area contributed by atoms with Gasteiger partial charge < -0.3 is 14.4 Å². The van der Waals surface area contributed by atoms with Crippen molar-refractivity contribution >= 4 is 0 Å².